The molecule has 0 aliphatic carbocycles. The van der Waals surface area contributed by atoms with Gasteiger partial charge in [0.25, 0.3) is 5.91 Å². The number of amides is 1. The van der Waals surface area contributed by atoms with Gasteiger partial charge in [0, 0.05) is 16.1 Å². The predicted molar refractivity (Wildman–Crippen MR) is 109 cm³/mol. The van der Waals surface area contributed by atoms with Gasteiger partial charge < -0.3 is 5.11 Å². The van der Waals surface area contributed by atoms with E-state index < -0.39 is 29.9 Å². The molecule has 4 nitrogen and oxygen atoms in total. The topological polar surface area (TPSA) is 52.9 Å². The summed E-state index contributed by atoms with van der Waals surface area (Å²) in [7, 11) is 0. The SMILES string of the molecule is CCCCCc1ccc(C2(O)CC(C(F)(F)F)=NN2C(=O)c2cccc(Cl)c2)cc1. The second-order valence-electron chi connectivity index (χ2n) is 7.32. The molecule has 30 heavy (non-hydrogen) atoms. The number of hydrazone groups is 1. The molecular formula is C22H22ClF3N2O2. The number of halogens is 4. The average molecular weight is 439 g/mol. The van der Waals surface area contributed by atoms with Crippen molar-refractivity contribution in [2.24, 2.45) is 5.10 Å². The molecule has 160 valence electrons. The lowest BCUT2D eigenvalue weighted by atomic mass is 9.94. The molecule has 1 N–H and O–H groups in total. The second-order valence-corrected chi connectivity index (χ2v) is 7.76. The zero-order valence-electron chi connectivity index (χ0n) is 16.4. The van der Waals surface area contributed by atoms with E-state index in [-0.39, 0.29) is 16.1 Å². The number of hydrogen-bond donors (Lipinski definition) is 1. The van der Waals surface area contributed by atoms with E-state index in [1.54, 1.807) is 24.3 Å². The predicted octanol–water partition coefficient (Wildman–Crippen LogP) is 5.68. The van der Waals surface area contributed by atoms with Crippen molar-refractivity contribution >= 4 is 23.2 Å². The van der Waals surface area contributed by atoms with Gasteiger partial charge in [-0.05, 0) is 36.6 Å². The van der Waals surface area contributed by atoms with Crippen LogP contribution in [-0.4, -0.2) is 27.9 Å². The van der Waals surface area contributed by atoms with Gasteiger partial charge in [0.2, 0.25) is 0 Å². The van der Waals surface area contributed by atoms with Crippen LogP contribution in [0.3, 0.4) is 0 Å². The maximum absolute atomic E-state index is 13.4. The van der Waals surface area contributed by atoms with Gasteiger partial charge in [0.15, 0.2) is 5.72 Å². The summed E-state index contributed by atoms with van der Waals surface area (Å²) in [4.78, 5) is 12.9. The lowest BCUT2D eigenvalue weighted by Gasteiger charge is -2.31. The zero-order chi connectivity index (χ0) is 21.9. The molecule has 1 aliphatic rings. The van der Waals surface area contributed by atoms with Crippen LogP contribution in [0.25, 0.3) is 0 Å². The fourth-order valence-corrected chi connectivity index (χ4v) is 3.59. The Hall–Kier alpha value is -2.38. The first kappa shape index (κ1) is 22.3. The summed E-state index contributed by atoms with van der Waals surface area (Å²) in [6, 6.07) is 12.4. The number of nitrogens with zero attached hydrogens (tertiary/aromatic N) is 2. The van der Waals surface area contributed by atoms with Gasteiger partial charge in [-0.1, -0.05) is 61.7 Å². The fourth-order valence-electron chi connectivity index (χ4n) is 3.40. The van der Waals surface area contributed by atoms with Gasteiger partial charge in [0.1, 0.15) is 5.71 Å². The summed E-state index contributed by atoms with van der Waals surface area (Å²) in [5, 5.41) is 15.4. The van der Waals surface area contributed by atoms with Crippen LogP contribution in [0.4, 0.5) is 13.2 Å². The first-order chi connectivity index (χ1) is 14.1. The van der Waals surface area contributed by atoms with E-state index in [1.807, 2.05) is 0 Å². The highest BCUT2D eigenvalue weighted by atomic mass is 35.5. The van der Waals surface area contributed by atoms with Crippen LogP contribution < -0.4 is 0 Å². The lowest BCUT2D eigenvalue weighted by molar-refractivity contribution is -0.0816. The standard InChI is InChI=1S/C22H22ClF3N2O2/c1-2-3-4-6-15-9-11-17(12-10-15)21(30)14-19(22(24,25)26)27-28(21)20(29)16-7-5-8-18(23)13-16/h5,7-13,30H,2-4,6,14H2,1H3. The van der Waals surface area contributed by atoms with Gasteiger partial charge in [-0.3, -0.25) is 4.79 Å². The van der Waals surface area contributed by atoms with Crippen molar-refractivity contribution in [1.29, 1.82) is 0 Å². The third kappa shape index (κ3) is 4.68. The molecule has 1 aliphatic heterocycles. The Bertz CT molecular complexity index is 944. The van der Waals surface area contributed by atoms with Crippen LogP contribution in [0, 0.1) is 0 Å². The number of aliphatic hydroxyl groups is 1. The number of unbranched alkanes of at least 4 members (excludes halogenated alkanes) is 2. The van der Waals surface area contributed by atoms with Crippen molar-refractivity contribution < 1.29 is 23.1 Å². The maximum atomic E-state index is 13.4. The quantitative estimate of drug-likeness (QED) is 0.590. The highest BCUT2D eigenvalue weighted by Crippen LogP contribution is 2.40. The minimum atomic E-state index is -4.77. The lowest BCUT2D eigenvalue weighted by Crippen LogP contribution is -2.43. The number of benzene rings is 2. The summed E-state index contributed by atoms with van der Waals surface area (Å²) in [6.07, 6.45) is -1.62. The Morgan fingerprint density at radius 1 is 1.20 bits per heavy atom. The van der Waals surface area contributed by atoms with Crippen LogP contribution in [0.2, 0.25) is 5.02 Å². The number of rotatable bonds is 6. The number of hydrogen-bond acceptors (Lipinski definition) is 3. The summed E-state index contributed by atoms with van der Waals surface area (Å²) in [6.45, 7) is 2.10. The van der Waals surface area contributed by atoms with Crippen LogP contribution in [0.5, 0.6) is 0 Å². The van der Waals surface area contributed by atoms with E-state index in [2.05, 4.69) is 12.0 Å². The van der Waals surface area contributed by atoms with Gasteiger partial charge >= 0.3 is 6.18 Å². The Labute approximate surface area is 178 Å². The first-order valence-corrected chi connectivity index (χ1v) is 10.1. The number of aryl methyl sites for hydroxylation is 1. The Morgan fingerprint density at radius 2 is 1.90 bits per heavy atom. The molecule has 0 aromatic heterocycles. The second kappa shape index (κ2) is 8.78. The summed E-state index contributed by atoms with van der Waals surface area (Å²) in [5.41, 5.74) is -2.25. The van der Waals surface area contributed by atoms with E-state index in [0.717, 1.165) is 31.2 Å². The average Bonchev–Trinajstić information content (AvgIpc) is 3.07. The third-order valence-electron chi connectivity index (χ3n) is 5.06. The minimum absolute atomic E-state index is 0.0317. The first-order valence-electron chi connectivity index (χ1n) is 9.71. The van der Waals surface area contributed by atoms with Crippen molar-refractivity contribution in [3.63, 3.8) is 0 Å². The highest BCUT2D eigenvalue weighted by Gasteiger charge is 2.53. The van der Waals surface area contributed by atoms with Crippen LogP contribution in [0.15, 0.2) is 53.6 Å². The van der Waals surface area contributed by atoms with Gasteiger partial charge in [-0.2, -0.15) is 23.3 Å². The number of alkyl halides is 3. The molecule has 0 spiro atoms. The number of carbonyl (C=O) groups is 1. The fraction of sp³-hybridized carbons (Fsp3) is 0.364. The normalized spacial score (nSPS) is 19.1. The van der Waals surface area contributed by atoms with Crippen molar-refractivity contribution in [2.45, 2.75) is 50.9 Å². The maximum Gasteiger partial charge on any atom is 0.431 e. The minimum Gasteiger partial charge on any atom is -0.365 e. The summed E-state index contributed by atoms with van der Waals surface area (Å²) < 4.78 is 40.1. The van der Waals surface area contributed by atoms with Gasteiger partial charge in [-0.25, -0.2) is 0 Å². The van der Waals surface area contributed by atoms with Crippen LogP contribution >= 0.6 is 11.6 Å². The smallest absolute Gasteiger partial charge is 0.365 e. The molecular weight excluding hydrogens is 417 g/mol. The molecule has 3 rings (SSSR count). The number of carbonyl (C=O) groups excluding carboxylic acids is 1. The van der Waals surface area contributed by atoms with Crippen molar-refractivity contribution in [2.75, 3.05) is 0 Å². The van der Waals surface area contributed by atoms with E-state index in [4.69, 9.17) is 11.6 Å². The summed E-state index contributed by atoms with van der Waals surface area (Å²) >= 11 is 5.91. The van der Waals surface area contributed by atoms with Gasteiger partial charge in [-0.15, -0.1) is 0 Å². The van der Waals surface area contributed by atoms with Crippen LogP contribution in [-0.2, 0) is 12.1 Å². The largest absolute Gasteiger partial charge is 0.431 e. The van der Waals surface area contributed by atoms with Crippen LogP contribution in [0.1, 0.15) is 54.1 Å². The Balaban J connectivity index is 1.95. The van der Waals surface area contributed by atoms with Crippen molar-refractivity contribution in [3.8, 4) is 0 Å². The highest BCUT2D eigenvalue weighted by molar-refractivity contribution is 6.31. The van der Waals surface area contributed by atoms with E-state index in [9.17, 15) is 23.1 Å². The van der Waals surface area contributed by atoms with Crippen molar-refractivity contribution in [3.05, 3.63) is 70.2 Å². The molecule has 0 fully saturated rings. The van der Waals surface area contributed by atoms with E-state index in [1.165, 1.54) is 24.3 Å². The summed E-state index contributed by atoms with van der Waals surface area (Å²) in [5.74, 6) is -0.869. The molecule has 0 saturated carbocycles. The monoisotopic (exact) mass is 438 g/mol. The van der Waals surface area contributed by atoms with E-state index in [0.29, 0.717) is 5.01 Å². The van der Waals surface area contributed by atoms with Gasteiger partial charge in [0.05, 0.1) is 6.42 Å². The van der Waals surface area contributed by atoms with E-state index >= 15 is 0 Å². The molecule has 0 bridgehead atoms. The molecule has 1 heterocycles. The molecule has 2 aromatic carbocycles. The molecule has 0 radical (unpaired) electrons. The molecule has 2 aromatic rings. The molecule has 1 amide bonds. The zero-order valence-corrected chi connectivity index (χ0v) is 17.2. The molecule has 1 atom stereocenters. The third-order valence-corrected chi connectivity index (χ3v) is 5.30. The Kier molecular flexibility index (Phi) is 6.53. The Morgan fingerprint density at radius 3 is 2.50 bits per heavy atom. The molecule has 0 saturated heterocycles. The molecule has 1 unspecified atom stereocenters. The molecule has 8 heteroatoms. The van der Waals surface area contributed by atoms with Crippen molar-refractivity contribution in [1.82, 2.24) is 5.01 Å².